The fourth-order valence-corrected chi connectivity index (χ4v) is 1.28. The summed E-state index contributed by atoms with van der Waals surface area (Å²) in [5, 5.41) is 46.6. The van der Waals surface area contributed by atoms with Crippen LogP contribution in [0.2, 0.25) is 0 Å². The summed E-state index contributed by atoms with van der Waals surface area (Å²) in [6.45, 7) is -1.11. The van der Waals surface area contributed by atoms with E-state index in [4.69, 9.17) is 13.6 Å². The first-order chi connectivity index (χ1) is 6.70. The van der Waals surface area contributed by atoms with E-state index >= 15 is 0 Å². The molecule has 78 valence electrons. The summed E-state index contributed by atoms with van der Waals surface area (Å²) in [7, 11) is 0. The molecule has 13 heavy (non-hydrogen) atoms. The summed E-state index contributed by atoms with van der Waals surface area (Å²) in [4.78, 5) is 0. The van der Waals surface area contributed by atoms with E-state index in [1.165, 1.54) is 0 Å². The smallest absolute Gasteiger partial charge is 0.118 e. The molecular formula is C7H15NO5. The second-order valence-electron chi connectivity index (χ2n) is 3.18. The second-order valence-corrected chi connectivity index (χ2v) is 3.18. The van der Waals surface area contributed by atoms with Gasteiger partial charge in [0.1, 0.15) is 17.8 Å². The lowest BCUT2D eigenvalue weighted by molar-refractivity contribution is -0.203. The van der Waals surface area contributed by atoms with Gasteiger partial charge in [0.05, 0.1) is 12.7 Å². The molecule has 0 heterocycles. The minimum absolute atomic E-state index is 1.11. The quantitative estimate of drug-likeness (QED) is 0.258. The zero-order chi connectivity index (χ0) is 12.0. The maximum atomic E-state index is 9.71. The third-order valence-corrected chi connectivity index (χ3v) is 2.19. The number of hydrogen-bond donors (Lipinski definition) is 6. The van der Waals surface area contributed by atoms with E-state index in [0.717, 1.165) is 0 Å². The van der Waals surface area contributed by atoms with E-state index in [9.17, 15) is 20.4 Å². The SMILES string of the molecule is [2H]C1([2H])C(N)[C@@H](O)[C@@H](O)[C@H](O)[C@]1(O)CO. The fraction of sp³-hybridized carbons (Fsp3) is 1.00. The maximum absolute atomic E-state index is 9.71. The van der Waals surface area contributed by atoms with Crippen LogP contribution in [-0.4, -0.2) is 62.1 Å². The number of aliphatic hydroxyl groups is 5. The van der Waals surface area contributed by atoms with Crippen LogP contribution in [-0.2, 0) is 0 Å². The molecule has 0 spiro atoms. The minimum Gasteiger partial charge on any atom is -0.393 e. The Balaban J connectivity index is 3.16. The summed E-state index contributed by atoms with van der Waals surface area (Å²) in [5.41, 5.74) is 2.70. The molecule has 1 saturated carbocycles. The Hall–Kier alpha value is -0.240. The summed E-state index contributed by atoms with van der Waals surface area (Å²) in [5.74, 6) is 0. The molecule has 1 fully saturated rings. The van der Waals surface area contributed by atoms with Gasteiger partial charge in [-0.05, 0) is 6.37 Å². The highest BCUT2D eigenvalue weighted by atomic mass is 16.4. The molecule has 5 atom stereocenters. The van der Waals surface area contributed by atoms with Crippen molar-refractivity contribution in [3.05, 3.63) is 0 Å². The predicted octanol–water partition coefficient (Wildman–Crippen LogP) is -3.48. The van der Waals surface area contributed by atoms with E-state index in [2.05, 4.69) is 0 Å². The molecule has 1 rings (SSSR count). The first kappa shape index (κ1) is 8.10. The van der Waals surface area contributed by atoms with Crippen molar-refractivity contribution in [2.75, 3.05) is 6.61 Å². The van der Waals surface area contributed by atoms with Crippen molar-refractivity contribution in [1.29, 1.82) is 0 Å². The summed E-state index contributed by atoms with van der Waals surface area (Å²) < 4.78 is 14.9. The highest BCUT2D eigenvalue weighted by Gasteiger charge is 2.49. The molecule has 0 aromatic rings. The predicted molar refractivity (Wildman–Crippen MR) is 42.6 cm³/mol. The van der Waals surface area contributed by atoms with E-state index in [1.54, 1.807) is 0 Å². The topological polar surface area (TPSA) is 127 Å². The molecule has 0 aromatic carbocycles. The van der Waals surface area contributed by atoms with Gasteiger partial charge in [-0.25, -0.2) is 0 Å². The molecule has 0 radical (unpaired) electrons. The van der Waals surface area contributed by atoms with Crippen molar-refractivity contribution in [3.8, 4) is 0 Å². The third-order valence-electron chi connectivity index (χ3n) is 2.19. The normalized spacial score (nSPS) is 58.3. The lowest BCUT2D eigenvalue weighted by Gasteiger charge is -2.43. The van der Waals surface area contributed by atoms with Gasteiger partial charge >= 0.3 is 0 Å². The van der Waals surface area contributed by atoms with Crippen LogP contribution in [0.5, 0.6) is 0 Å². The Kier molecular flexibility index (Phi) is 2.17. The van der Waals surface area contributed by atoms with Crippen molar-refractivity contribution in [1.82, 2.24) is 0 Å². The second kappa shape index (κ2) is 3.49. The molecule has 0 bridgehead atoms. The van der Waals surface area contributed by atoms with Gasteiger partial charge in [-0.2, -0.15) is 0 Å². The van der Waals surface area contributed by atoms with Crippen molar-refractivity contribution >= 4 is 0 Å². The standard InChI is InChI=1S/C7H15NO5/c8-3-1-7(13,2-9)6(12)5(11)4(3)10/h3-6,9-13H,1-2,8H2/t3?,4-,5-,6+,7-/m1/s1/i1D2. The Labute approximate surface area is 78.0 Å². The number of nitrogens with two attached hydrogens (primary N) is 1. The van der Waals surface area contributed by atoms with Gasteiger partial charge in [0.25, 0.3) is 0 Å². The van der Waals surface area contributed by atoms with E-state index in [0.29, 0.717) is 0 Å². The van der Waals surface area contributed by atoms with Crippen molar-refractivity contribution in [3.63, 3.8) is 0 Å². The number of rotatable bonds is 1. The average Bonchev–Trinajstić information content (AvgIpc) is 2.21. The van der Waals surface area contributed by atoms with Gasteiger partial charge in [-0.15, -0.1) is 0 Å². The molecule has 6 heteroatoms. The minimum atomic E-state index is -2.61. The lowest BCUT2D eigenvalue weighted by Crippen LogP contribution is -2.66. The Bertz CT molecular complexity index is 254. The van der Waals surface area contributed by atoms with Crippen LogP contribution in [0.3, 0.4) is 0 Å². The fourth-order valence-electron chi connectivity index (χ4n) is 1.28. The van der Waals surface area contributed by atoms with Crippen molar-refractivity contribution < 1.29 is 28.3 Å². The Morgan fingerprint density at radius 2 is 1.92 bits per heavy atom. The first-order valence-corrected chi connectivity index (χ1v) is 3.83. The van der Waals surface area contributed by atoms with Gasteiger partial charge in [0.2, 0.25) is 0 Å². The number of aliphatic hydroxyl groups excluding tert-OH is 4. The largest absolute Gasteiger partial charge is 0.393 e. The zero-order valence-electron chi connectivity index (χ0n) is 8.83. The van der Waals surface area contributed by atoms with Crippen LogP contribution in [0.4, 0.5) is 0 Å². The molecule has 1 unspecified atom stereocenters. The molecule has 0 saturated heterocycles. The van der Waals surface area contributed by atoms with E-state index < -0.39 is 42.9 Å². The molecule has 1 aliphatic rings. The van der Waals surface area contributed by atoms with Gasteiger partial charge < -0.3 is 31.3 Å². The molecule has 6 nitrogen and oxygen atoms in total. The van der Waals surface area contributed by atoms with Crippen molar-refractivity contribution in [2.24, 2.45) is 5.73 Å². The van der Waals surface area contributed by atoms with E-state index in [-0.39, 0.29) is 0 Å². The van der Waals surface area contributed by atoms with Gasteiger partial charge in [0, 0.05) is 8.78 Å². The molecule has 1 aliphatic carbocycles. The third kappa shape index (κ3) is 1.69. The molecule has 0 aromatic heterocycles. The molecule has 0 amide bonds. The summed E-state index contributed by atoms with van der Waals surface area (Å²) in [6.07, 6.45) is -8.13. The van der Waals surface area contributed by atoms with Gasteiger partial charge in [-0.1, -0.05) is 0 Å². The molecular weight excluding hydrogens is 178 g/mol. The first-order valence-electron chi connectivity index (χ1n) is 4.83. The Morgan fingerprint density at radius 3 is 2.38 bits per heavy atom. The van der Waals surface area contributed by atoms with E-state index in [1.807, 2.05) is 0 Å². The lowest BCUT2D eigenvalue weighted by atomic mass is 9.77. The van der Waals surface area contributed by atoms with Crippen LogP contribution < -0.4 is 5.73 Å². The Morgan fingerprint density at radius 1 is 1.38 bits per heavy atom. The molecule has 7 N–H and O–H groups in total. The highest BCUT2D eigenvalue weighted by Crippen LogP contribution is 2.28. The van der Waals surface area contributed by atoms with Crippen LogP contribution in [0, 0.1) is 0 Å². The van der Waals surface area contributed by atoms with Crippen LogP contribution in [0.25, 0.3) is 0 Å². The van der Waals surface area contributed by atoms with Gasteiger partial charge in [0.15, 0.2) is 0 Å². The summed E-state index contributed by atoms with van der Waals surface area (Å²) in [6, 6.07) is -1.60. The summed E-state index contributed by atoms with van der Waals surface area (Å²) >= 11 is 0. The van der Waals surface area contributed by atoms with Crippen LogP contribution >= 0.6 is 0 Å². The average molecular weight is 195 g/mol. The van der Waals surface area contributed by atoms with Gasteiger partial charge in [-0.3, -0.25) is 0 Å². The zero-order valence-corrected chi connectivity index (χ0v) is 6.83. The van der Waals surface area contributed by atoms with Crippen molar-refractivity contribution in [2.45, 2.75) is 36.3 Å². The number of hydrogen-bond acceptors (Lipinski definition) is 6. The molecule has 0 aliphatic heterocycles. The monoisotopic (exact) mass is 195 g/mol. The highest BCUT2D eigenvalue weighted by molar-refractivity contribution is 5.03. The van der Waals surface area contributed by atoms with Crippen LogP contribution in [0.15, 0.2) is 0 Å². The maximum Gasteiger partial charge on any atom is 0.118 e. The van der Waals surface area contributed by atoms with Crippen LogP contribution in [0.1, 0.15) is 9.11 Å².